The van der Waals surface area contributed by atoms with Crippen LogP contribution in [0.25, 0.3) is 0 Å². The van der Waals surface area contributed by atoms with Gasteiger partial charge in [-0.05, 0) is 30.3 Å². The summed E-state index contributed by atoms with van der Waals surface area (Å²) < 4.78 is 27.6. The maximum Gasteiger partial charge on any atom is 0.263 e. The van der Waals surface area contributed by atoms with Crippen molar-refractivity contribution in [2.24, 2.45) is 0 Å². The summed E-state index contributed by atoms with van der Waals surface area (Å²) in [7, 11) is -0.293. The summed E-state index contributed by atoms with van der Waals surface area (Å²) in [6.07, 6.45) is 0. The number of hydrogen-bond donors (Lipinski definition) is 1. The van der Waals surface area contributed by atoms with Gasteiger partial charge >= 0.3 is 0 Å². The molecule has 118 valence electrons. The minimum absolute atomic E-state index is 0.0231. The quantitative estimate of drug-likeness (QED) is 0.850. The Morgan fingerprint density at radius 2 is 1.73 bits per heavy atom. The molecule has 1 N–H and O–H groups in total. The lowest BCUT2D eigenvalue weighted by molar-refractivity contribution is 0.601. The van der Waals surface area contributed by atoms with Crippen molar-refractivity contribution in [3.05, 3.63) is 51.5 Å². The Balaban J connectivity index is 2.50. The molecule has 0 atom stereocenters. The van der Waals surface area contributed by atoms with E-state index in [-0.39, 0.29) is 14.9 Å². The molecule has 2 aromatic rings. The van der Waals surface area contributed by atoms with Gasteiger partial charge in [-0.15, -0.1) is 0 Å². The Bertz CT molecular complexity index is 808. The van der Waals surface area contributed by atoms with Gasteiger partial charge in [-0.1, -0.05) is 40.9 Å². The lowest BCUT2D eigenvalue weighted by atomic mass is 10.2. The van der Waals surface area contributed by atoms with Crippen molar-refractivity contribution in [3.63, 3.8) is 0 Å². The molecular weight excluding hydrogens is 367 g/mol. The highest BCUT2D eigenvalue weighted by molar-refractivity contribution is 7.92. The minimum Gasteiger partial charge on any atom is -0.376 e. The van der Waals surface area contributed by atoms with Gasteiger partial charge in [0.15, 0.2) is 0 Å². The number of nitrogens with one attached hydrogen (secondary N) is 1. The highest BCUT2D eigenvalue weighted by atomic mass is 35.5. The van der Waals surface area contributed by atoms with Crippen molar-refractivity contribution in [1.82, 2.24) is 0 Å². The van der Waals surface area contributed by atoms with Crippen LogP contribution in [-0.2, 0) is 10.0 Å². The van der Waals surface area contributed by atoms with Crippen LogP contribution in [-0.4, -0.2) is 22.5 Å². The first-order valence-corrected chi connectivity index (χ1v) is 8.78. The second-order valence-electron chi connectivity index (χ2n) is 4.71. The van der Waals surface area contributed by atoms with E-state index < -0.39 is 10.0 Å². The molecule has 0 aliphatic rings. The minimum atomic E-state index is -3.89. The summed E-state index contributed by atoms with van der Waals surface area (Å²) in [5, 5.41) is 0.564. The van der Waals surface area contributed by atoms with Crippen LogP contribution in [0.4, 0.5) is 11.4 Å². The van der Waals surface area contributed by atoms with Crippen LogP contribution in [0.5, 0.6) is 0 Å². The van der Waals surface area contributed by atoms with Gasteiger partial charge in [0.05, 0.1) is 21.4 Å². The Kier molecular flexibility index (Phi) is 5.12. The maximum absolute atomic E-state index is 12.5. The van der Waals surface area contributed by atoms with Crippen LogP contribution < -0.4 is 9.62 Å². The van der Waals surface area contributed by atoms with E-state index in [4.69, 9.17) is 34.8 Å². The van der Waals surface area contributed by atoms with E-state index in [0.717, 1.165) is 0 Å². The van der Waals surface area contributed by atoms with Crippen LogP contribution in [0, 0.1) is 0 Å². The molecule has 2 rings (SSSR count). The fourth-order valence-electron chi connectivity index (χ4n) is 1.87. The van der Waals surface area contributed by atoms with E-state index in [1.165, 1.54) is 24.3 Å². The lowest BCUT2D eigenvalue weighted by Crippen LogP contribution is -2.17. The van der Waals surface area contributed by atoms with E-state index in [2.05, 4.69) is 4.72 Å². The normalized spacial score (nSPS) is 11.3. The average Bonchev–Trinajstić information content (AvgIpc) is 2.40. The van der Waals surface area contributed by atoms with Gasteiger partial charge in [0, 0.05) is 19.1 Å². The zero-order valence-electron chi connectivity index (χ0n) is 11.8. The van der Waals surface area contributed by atoms with Crippen molar-refractivity contribution in [2.75, 3.05) is 23.7 Å². The van der Waals surface area contributed by atoms with Gasteiger partial charge in [-0.2, -0.15) is 0 Å². The molecule has 2 aromatic carbocycles. The molecule has 0 saturated heterocycles. The lowest BCUT2D eigenvalue weighted by Gasteiger charge is -2.19. The van der Waals surface area contributed by atoms with E-state index in [0.29, 0.717) is 16.4 Å². The van der Waals surface area contributed by atoms with Gasteiger partial charge in [0.2, 0.25) is 0 Å². The summed E-state index contributed by atoms with van der Waals surface area (Å²) in [5.74, 6) is 0. The first-order valence-electron chi connectivity index (χ1n) is 6.16. The third kappa shape index (κ3) is 3.60. The molecule has 8 heteroatoms. The fraction of sp³-hybridized carbons (Fsp3) is 0.143. The van der Waals surface area contributed by atoms with E-state index in [1.807, 2.05) is 0 Å². The van der Waals surface area contributed by atoms with Crippen molar-refractivity contribution in [2.45, 2.75) is 4.90 Å². The second-order valence-corrected chi connectivity index (χ2v) is 7.59. The molecule has 0 heterocycles. The van der Waals surface area contributed by atoms with Crippen molar-refractivity contribution in [3.8, 4) is 0 Å². The molecule has 0 aliphatic heterocycles. The molecule has 0 radical (unpaired) electrons. The molecule has 0 saturated carbocycles. The van der Waals surface area contributed by atoms with Crippen LogP contribution >= 0.6 is 34.8 Å². The summed E-state index contributed by atoms with van der Waals surface area (Å²) in [6, 6.07) is 9.37. The fourth-order valence-corrected chi connectivity index (χ4v) is 3.87. The van der Waals surface area contributed by atoms with Crippen molar-refractivity contribution in [1.29, 1.82) is 0 Å². The van der Waals surface area contributed by atoms with Gasteiger partial charge in [0.25, 0.3) is 10.0 Å². The molecule has 0 amide bonds. The van der Waals surface area contributed by atoms with Crippen LogP contribution in [0.2, 0.25) is 15.1 Å². The second kappa shape index (κ2) is 6.54. The Labute approximate surface area is 144 Å². The molecule has 0 fully saturated rings. The molecule has 22 heavy (non-hydrogen) atoms. The molecule has 0 bridgehead atoms. The van der Waals surface area contributed by atoms with Crippen LogP contribution in [0.15, 0.2) is 41.3 Å². The smallest absolute Gasteiger partial charge is 0.263 e. The predicted octanol–water partition coefficient (Wildman–Crippen LogP) is 4.51. The topological polar surface area (TPSA) is 49.4 Å². The van der Waals surface area contributed by atoms with E-state index in [9.17, 15) is 8.42 Å². The molecule has 0 spiro atoms. The number of anilines is 2. The number of hydrogen-bond acceptors (Lipinski definition) is 3. The zero-order valence-corrected chi connectivity index (χ0v) is 14.9. The first kappa shape index (κ1) is 17.2. The summed E-state index contributed by atoms with van der Waals surface area (Å²) in [4.78, 5) is 1.68. The average molecular weight is 380 g/mol. The predicted molar refractivity (Wildman–Crippen MR) is 93.0 cm³/mol. The van der Waals surface area contributed by atoms with E-state index >= 15 is 0 Å². The number of rotatable bonds is 4. The Hall–Kier alpha value is -1.14. The van der Waals surface area contributed by atoms with Gasteiger partial charge in [-0.3, -0.25) is 4.72 Å². The summed E-state index contributed by atoms with van der Waals surface area (Å²) >= 11 is 17.8. The van der Waals surface area contributed by atoms with Crippen molar-refractivity contribution < 1.29 is 8.42 Å². The number of sulfonamides is 1. The molecule has 0 unspecified atom stereocenters. The largest absolute Gasteiger partial charge is 0.376 e. The number of nitrogens with zero attached hydrogens (tertiary/aromatic N) is 1. The Morgan fingerprint density at radius 3 is 2.36 bits per heavy atom. The molecular formula is C14H13Cl3N2O2S. The highest BCUT2D eigenvalue weighted by Crippen LogP contribution is 2.33. The Morgan fingerprint density at radius 1 is 1.05 bits per heavy atom. The van der Waals surface area contributed by atoms with Crippen LogP contribution in [0.3, 0.4) is 0 Å². The monoisotopic (exact) mass is 378 g/mol. The zero-order chi connectivity index (χ0) is 16.5. The third-order valence-corrected chi connectivity index (χ3v) is 5.46. The molecule has 0 aromatic heterocycles. The van der Waals surface area contributed by atoms with E-state index in [1.54, 1.807) is 31.1 Å². The van der Waals surface area contributed by atoms with Gasteiger partial charge < -0.3 is 4.90 Å². The maximum atomic E-state index is 12.5. The van der Waals surface area contributed by atoms with Gasteiger partial charge in [0.1, 0.15) is 4.90 Å². The first-order chi connectivity index (χ1) is 10.2. The molecule has 4 nitrogen and oxygen atoms in total. The standard InChI is InChI=1S/C14H13Cl3N2O2S/c1-19(2)12-7-6-9(15)8-11(12)18-22(20,21)13-5-3-4-10(16)14(13)17/h3-8,18H,1-2H3. The highest BCUT2D eigenvalue weighted by Gasteiger charge is 2.21. The molecule has 0 aliphatic carbocycles. The number of benzene rings is 2. The van der Waals surface area contributed by atoms with Crippen molar-refractivity contribution >= 4 is 56.2 Å². The third-order valence-electron chi connectivity index (χ3n) is 2.89. The van der Waals surface area contributed by atoms with Crippen LogP contribution in [0.1, 0.15) is 0 Å². The summed E-state index contributed by atoms with van der Waals surface area (Å²) in [5.41, 5.74) is 1.03. The number of halogens is 3. The SMILES string of the molecule is CN(C)c1ccc(Cl)cc1NS(=O)(=O)c1cccc(Cl)c1Cl. The van der Waals surface area contributed by atoms with Gasteiger partial charge in [-0.25, -0.2) is 8.42 Å². The summed E-state index contributed by atoms with van der Waals surface area (Å²) in [6.45, 7) is 0.